The standard InChI is InChI=1S/C17H18ClN3S/c1-16(9-10-16)14-19-20-15(21(14)11-3-4-11)17(7-2-8-17)12-5-6-13(18)22-12/h2,5-7,11H,3-4,8-10H2,1H3. The van der Waals surface area contributed by atoms with Crippen LogP contribution in [0.5, 0.6) is 0 Å². The average Bonchev–Trinajstić information content (AvgIpc) is 3.34. The van der Waals surface area contributed by atoms with Crippen molar-refractivity contribution in [2.45, 2.75) is 55.9 Å². The van der Waals surface area contributed by atoms with E-state index in [1.54, 1.807) is 11.3 Å². The van der Waals surface area contributed by atoms with Crippen LogP contribution in [-0.4, -0.2) is 14.8 Å². The molecule has 5 heteroatoms. The summed E-state index contributed by atoms with van der Waals surface area (Å²) in [5.74, 6) is 2.35. The molecule has 5 rings (SSSR count). The van der Waals surface area contributed by atoms with Crippen molar-refractivity contribution in [2.75, 3.05) is 0 Å². The molecule has 3 aliphatic carbocycles. The summed E-state index contributed by atoms with van der Waals surface area (Å²) in [4.78, 5) is 1.29. The summed E-state index contributed by atoms with van der Waals surface area (Å²) in [5, 5.41) is 9.33. The number of rotatable bonds is 4. The lowest BCUT2D eigenvalue weighted by atomic mass is 9.74. The highest BCUT2D eigenvalue weighted by Gasteiger charge is 2.50. The first kappa shape index (κ1) is 13.3. The number of halogens is 1. The first-order valence-electron chi connectivity index (χ1n) is 8.02. The van der Waals surface area contributed by atoms with E-state index in [0.29, 0.717) is 6.04 Å². The largest absolute Gasteiger partial charge is 0.310 e. The number of aromatic nitrogens is 3. The molecule has 2 saturated carbocycles. The van der Waals surface area contributed by atoms with E-state index in [1.807, 2.05) is 6.07 Å². The molecule has 114 valence electrons. The monoisotopic (exact) mass is 331 g/mol. The lowest BCUT2D eigenvalue weighted by molar-refractivity contribution is 0.503. The SMILES string of the molecule is CC1(c2nnc(C3(c4ccc(Cl)s4)C=CC3)n2C2CC2)CC1. The number of nitrogens with zero attached hydrogens (tertiary/aromatic N) is 3. The van der Waals surface area contributed by atoms with Crippen molar-refractivity contribution in [3.63, 3.8) is 0 Å². The Morgan fingerprint density at radius 3 is 2.45 bits per heavy atom. The van der Waals surface area contributed by atoms with Gasteiger partial charge in [0, 0.05) is 16.3 Å². The molecule has 22 heavy (non-hydrogen) atoms. The van der Waals surface area contributed by atoms with E-state index < -0.39 is 0 Å². The highest BCUT2D eigenvalue weighted by Crippen LogP contribution is 2.53. The third-order valence-electron chi connectivity index (χ3n) is 5.40. The number of hydrogen-bond donors (Lipinski definition) is 0. The van der Waals surface area contributed by atoms with Gasteiger partial charge in [-0.25, -0.2) is 0 Å². The fraction of sp³-hybridized carbons (Fsp3) is 0.529. The summed E-state index contributed by atoms with van der Waals surface area (Å²) >= 11 is 7.86. The Labute approximate surface area is 139 Å². The summed E-state index contributed by atoms with van der Waals surface area (Å²) in [6.07, 6.45) is 10.5. The second kappa shape index (κ2) is 4.24. The molecule has 0 bridgehead atoms. The van der Waals surface area contributed by atoms with Crippen LogP contribution in [0.4, 0.5) is 0 Å². The van der Waals surface area contributed by atoms with Crippen molar-refractivity contribution in [1.82, 2.24) is 14.8 Å². The molecule has 1 unspecified atom stereocenters. The summed E-state index contributed by atoms with van der Waals surface area (Å²) in [6, 6.07) is 4.76. The van der Waals surface area contributed by atoms with Gasteiger partial charge in [-0.3, -0.25) is 0 Å². The van der Waals surface area contributed by atoms with Crippen molar-refractivity contribution in [1.29, 1.82) is 0 Å². The van der Waals surface area contributed by atoms with E-state index in [9.17, 15) is 0 Å². The van der Waals surface area contributed by atoms with Gasteiger partial charge < -0.3 is 4.57 Å². The van der Waals surface area contributed by atoms with E-state index >= 15 is 0 Å². The molecule has 2 aromatic rings. The van der Waals surface area contributed by atoms with Crippen LogP contribution in [0.1, 0.15) is 61.6 Å². The number of hydrogen-bond acceptors (Lipinski definition) is 3. The van der Waals surface area contributed by atoms with Crippen molar-refractivity contribution < 1.29 is 0 Å². The first-order chi connectivity index (χ1) is 10.6. The van der Waals surface area contributed by atoms with Crippen LogP contribution >= 0.6 is 22.9 Å². The lowest BCUT2D eigenvalue weighted by Crippen LogP contribution is -2.33. The minimum absolute atomic E-state index is 0.100. The van der Waals surface area contributed by atoms with Gasteiger partial charge in [0.2, 0.25) is 0 Å². The van der Waals surface area contributed by atoms with Crippen LogP contribution < -0.4 is 0 Å². The van der Waals surface area contributed by atoms with Crippen molar-refractivity contribution >= 4 is 22.9 Å². The predicted molar refractivity (Wildman–Crippen MR) is 88.7 cm³/mol. The Balaban J connectivity index is 1.68. The molecule has 0 aliphatic heterocycles. The van der Waals surface area contributed by atoms with Gasteiger partial charge in [0.05, 0.1) is 9.75 Å². The molecule has 0 radical (unpaired) electrons. The third-order valence-corrected chi connectivity index (χ3v) is 6.81. The average molecular weight is 332 g/mol. The maximum Gasteiger partial charge on any atom is 0.149 e. The van der Waals surface area contributed by atoms with Gasteiger partial charge in [-0.1, -0.05) is 30.7 Å². The summed E-state index contributed by atoms with van der Waals surface area (Å²) in [5.41, 5.74) is 0.159. The maximum atomic E-state index is 6.19. The van der Waals surface area contributed by atoms with Gasteiger partial charge in [0.25, 0.3) is 0 Å². The Kier molecular flexibility index (Phi) is 2.56. The van der Waals surface area contributed by atoms with Crippen LogP contribution in [0.15, 0.2) is 24.3 Å². The van der Waals surface area contributed by atoms with Crippen molar-refractivity contribution in [3.05, 3.63) is 45.1 Å². The van der Waals surface area contributed by atoms with E-state index in [2.05, 4.69) is 39.9 Å². The van der Waals surface area contributed by atoms with Crippen LogP contribution in [-0.2, 0) is 10.8 Å². The molecule has 1 atom stereocenters. The van der Waals surface area contributed by atoms with E-state index in [-0.39, 0.29) is 10.8 Å². The molecular weight excluding hydrogens is 314 g/mol. The topological polar surface area (TPSA) is 30.7 Å². The Morgan fingerprint density at radius 1 is 1.23 bits per heavy atom. The van der Waals surface area contributed by atoms with Gasteiger partial charge in [-0.05, 0) is 44.2 Å². The molecule has 2 aromatic heterocycles. The second-order valence-electron chi connectivity index (χ2n) is 7.19. The molecule has 2 fully saturated rings. The highest BCUT2D eigenvalue weighted by atomic mass is 35.5. The zero-order valence-corrected chi connectivity index (χ0v) is 14.1. The highest BCUT2D eigenvalue weighted by molar-refractivity contribution is 7.16. The van der Waals surface area contributed by atoms with Crippen LogP contribution in [0.3, 0.4) is 0 Å². The molecule has 0 saturated heterocycles. The Hall–Kier alpha value is -1.13. The fourth-order valence-corrected chi connectivity index (χ4v) is 4.68. The summed E-state index contributed by atoms with van der Waals surface area (Å²) in [7, 11) is 0. The zero-order valence-electron chi connectivity index (χ0n) is 12.6. The number of allylic oxidation sites excluding steroid dienone is 2. The summed E-state index contributed by atoms with van der Waals surface area (Å²) < 4.78 is 3.32. The van der Waals surface area contributed by atoms with Gasteiger partial charge >= 0.3 is 0 Å². The lowest BCUT2D eigenvalue weighted by Gasteiger charge is -2.34. The molecule has 2 heterocycles. The third kappa shape index (κ3) is 1.74. The maximum absolute atomic E-state index is 6.19. The van der Waals surface area contributed by atoms with Crippen LogP contribution in [0.25, 0.3) is 0 Å². The van der Waals surface area contributed by atoms with E-state index in [1.165, 1.54) is 36.4 Å². The summed E-state index contributed by atoms with van der Waals surface area (Å²) in [6.45, 7) is 2.32. The molecule has 0 amide bonds. The Bertz CT molecular complexity index is 782. The second-order valence-corrected chi connectivity index (χ2v) is 8.91. The van der Waals surface area contributed by atoms with Gasteiger partial charge in [-0.15, -0.1) is 21.5 Å². The fourth-order valence-electron chi connectivity index (χ4n) is 3.46. The number of thiophene rings is 1. The molecular formula is C17H18ClN3S. The van der Waals surface area contributed by atoms with Gasteiger partial charge in [0.1, 0.15) is 11.6 Å². The zero-order chi connectivity index (χ0) is 14.9. The molecule has 0 spiro atoms. The smallest absolute Gasteiger partial charge is 0.149 e. The molecule has 3 nitrogen and oxygen atoms in total. The first-order valence-corrected chi connectivity index (χ1v) is 9.21. The normalized spacial score (nSPS) is 28.6. The predicted octanol–water partition coefficient (Wildman–Crippen LogP) is 4.63. The Morgan fingerprint density at radius 2 is 1.95 bits per heavy atom. The van der Waals surface area contributed by atoms with Crippen LogP contribution in [0.2, 0.25) is 4.34 Å². The molecule has 0 aromatic carbocycles. The van der Waals surface area contributed by atoms with E-state index in [4.69, 9.17) is 11.6 Å². The van der Waals surface area contributed by atoms with E-state index in [0.717, 1.165) is 16.6 Å². The van der Waals surface area contributed by atoms with Crippen molar-refractivity contribution in [2.24, 2.45) is 0 Å². The van der Waals surface area contributed by atoms with Crippen molar-refractivity contribution in [3.8, 4) is 0 Å². The minimum atomic E-state index is -0.100. The van der Waals surface area contributed by atoms with Gasteiger partial charge in [0.15, 0.2) is 0 Å². The molecule has 0 N–H and O–H groups in total. The van der Waals surface area contributed by atoms with Gasteiger partial charge in [-0.2, -0.15) is 0 Å². The molecule has 3 aliphatic rings. The quantitative estimate of drug-likeness (QED) is 0.765. The van der Waals surface area contributed by atoms with Crippen LogP contribution in [0, 0.1) is 0 Å². The minimum Gasteiger partial charge on any atom is -0.310 e.